The van der Waals surface area contributed by atoms with Crippen LogP contribution in [0.15, 0.2) is 0 Å². The molecule has 2 heteroatoms. The van der Waals surface area contributed by atoms with E-state index in [1.807, 2.05) is 0 Å². The molecule has 0 amide bonds. The first-order chi connectivity index (χ1) is 7.77. The average Bonchev–Trinajstić information content (AvgIpc) is 2.40. The first kappa shape index (κ1) is 12.4. The zero-order valence-electron chi connectivity index (χ0n) is 10.5. The molecule has 2 saturated carbocycles. The molecular weight excluding hydrogens is 198 g/mol. The maximum atomic E-state index is 9.76. The number of nitrogens with two attached hydrogens (primary N) is 1. The summed E-state index contributed by atoms with van der Waals surface area (Å²) in [6.07, 6.45) is 13.0. The molecule has 2 aliphatic rings. The summed E-state index contributed by atoms with van der Waals surface area (Å²) < 4.78 is 0. The lowest BCUT2D eigenvalue weighted by Crippen LogP contribution is -2.57. The number of aliphatic hydroxyl groups is 1. The van der Waals surface area contributed by atoms with Crippen molar-refractivity contribution >= 4 is 0 Å². The Balaban J connectivity index is 2.03. The summed E-state index contributed by atoms with van der Waals surface area (Å²) in [5.41, 5.74) is 6.33. The smallest absolute Gasteiger partial charge is 0.0616 e. The van der Waals surface area contributed by atoms with Gasteiger partial charge in [0.15, 0.2) is 0 Å². The summed E-state index contributed by atoms with van der Waals surface area (Å²) in [5.74, 6) is 1.16. The van der Waals surface area contributed by atoms with Crippen molar-refractivity contribution in [3.05, 3.63) is 0 Å². The van der Waals surface area contributed by atoms with Crippen molar-refractivity contribution in [3.8, 4) is 0 Å². The van der Waals surface area contributed by atoms with Crippen LogP contribution in [0.4, 0.5) is 0 Å². The zero-order chi connectivity index (χ0) is 11.4. The fourth-order valence-corrected chi connectivity index (χ4v) is 3.87. The van der Waals surface area contributed by atoms with E-state index >= 15 is 0 Å². The lowest BCUT2D eigenvalue weighted by Gasteiger charge is -2.45. The Kier molecular flexibility index (Phi) is 4.26. The summed E-state index contributed by atoms with van der Waals surface area (Å²) >= 11 is 0. The monoisotopic (exact) mass is 225 g/mol. The minimum Gasteiger partial charge on any atom is -0.394 e. The molecule has 0 aromatic heterocycles. The van der Waals surface area contributed by atoms with Gasteiger partial charge >= 0.3 is 0 Å². The molecule has 2 aliphatic carbocycles. The number of rotatable bonds is 3. The summed E-state index contributed by atoms with van der Waals surface area (Å²) in [4.78, 5) is 0. The third-order valence-corrected chi connectivity index (χ3v) is 5.00. The Morgan fingerprint density at radius 1 is 0.812 bits per heavy atom. The molecule has 2 nitrogen and oxygen atoms in total. The van der Waals surface area contributed by atoms with E-state index in [4.69, 9.17) is 5.73 Å². The summed E-state index contributed by atoms with van der Waals surface area (Å²) in [7, 11) is 0. The third kappa shape index (κ3) is 2.43. The maximum absolute atomic E-state index is 9.76. The van der Waals surface area contributed by atoms with Gasteiger partial charge in [-0.3, -0.25) is 0 Å². The van der Waals surface area contributed by atoms with Gasteiger partial charge in [-0.2, -0.15) is 0 Å². The second-order valence-corrected chi connectivity index (χ2v) is 5.94. The highest BCUT2D eigenvalue weighted by atomic mass is 16.3. The van der Waals surface area contributed by atoms with Crippen LogP contribution in [0, 0.1) is 11.8 Å². The van der Waals surface area contributed by atoms with Crippen LogP contribution in [-0.2, 0) is 0 Å². The SMILES string of the molecule is NC(CO)(C1CCCCC1)C1CCCCC1. The van der Waals surface area contributed by atoms with Crippen molar-refractivity contribution in [2.75, 3.05) is 6.61 Å². The molecule has 0 atom stereocenters. The van der Waals surface area contributed by atoms with Crippen LogP contribution < -0.4 is 5.73 Å². The van der Waals surface area contributed by atoms with E-state index in [1.165, 1.54) is 64.2 Å². The van der Waals surface area contributed by atoms with Gasteiger partial charge < -0.3 is 10.8 Å². The molecule has 0 aromatic carbocycles. The van der Waals surface area contributed by atoms with Crippen molar-refractivity contribution < 1.29 is 5.11 Å². The molecule has 0 saturated heterocycles. The maximum Gasteiger partial charge on any atom is 0.0616 e. The van der Waals surface area contributed by atoms with Crippen LogP contribution >= 0.6 is 0 Å². The molecule has 0 aromatic rings. The van der Waals surface area contributed by atoms with Gasteiger partial charge in [-0.1, -0.05) is 38.5 Å². The van der Waals surface area contributed by atoms with Gasteiger partial charge in [0.05, 0.1) is 6.61 Å². The number of aliphatic hydroxyl groups excluding tert-OH is 1. The van der Waals surface area contributed by atoms with Gasteiger partial charge in [-0.15, -0.1) is 0 Å². The predicted octanol–water partition coefficient (Wildman–Crippen LogP) is 2.84. The first-order valence-electron chi connectivity index (χ1n) is 7.17. The van der Waals surface area contributed by atoms with Gasteiger partial charge in [0, 0.05) is 5.54 Å². The molecule has 0 unspecified atom stereocenters. The fraction of sp³-hybridized carbons (Fsp3) is 1.00. The van der Waals surface area contributed by atoms with Crippen LogP contribution in [0.5, 0.6) is 0 Å². The van der Waals surface area contributed by atoms with Crippen LogP contribution in [0.1, 0.15) is 64.2 Å². The third-order valence-electron chi connectivity index (χ3n) is 5.00. The number of hydrogen-bond acceptors (Lipinski definition) is 2. The Hall–Kier alpha value is -0.0800. The van der Waals surface area contributed by atoms with Gasteiger partial charge in [0.25, 0.3) is 0 Å². The molecule has 0 radical (unpaired) electrons. The van der Waals surface area contributed by atoms with E-state index in [1.54, 1.807) is 0 Å². The first-order valence-corrected chi connectivity index (χ1v) is 7.17. The van der Waals surface area contributed by atoms with Crippen LogP contribution in [0.2, 0.25) is 0 Å². The van der Waals surface area contributed by atoms with E-state index < -0.39 is 0 Å². The van der Waals surface area contributed by atoms with Gasteiger partial charge in [-0.05, 0) is 37.5 Å². The molecule has 0 bridgehead atoms. The highest BCUT2D eigenvalue weighted by Gasteiger charge is 2.41. The van der Waals surface area contributed by atoms with Crippen molar-refractivity contribution in [1.82, 2.24) is 0 Å². The van der Waals surface area contributed by atoms with Crippen molar-refractivity contribution in [2.45, 2.75) is 69.7 Å². The lowest BCUT2D eigenvalue weighted by atomic mass is 9.65. The highest BCUT2D eigenvalue weighted by molar-refractivity contribution is 4.98. The van der Waals surface area contributed by atoms with E-state index in [0.29, 0.717) is 11.8 Å². The molecule has 2 fully saturated rings. The lowest BCUT2D eigenvalue weighted by molar-refractivity contribution is 0.0467. The van der Waals surface area contributed by atoms with E-state index in [0.717, 1.165) is 0 Å². The minimum absolute atomic E-state index is 0.197. The topological polar surface area (TPSA) is 46.2 Å². The van der Waals surface area contributed by atoms with Crippen molar-refractivity contribution in [3.63, 3.8) is 0 Å². The van der Waals surface area contributed by atoms with Gasteiger partial charge in [-0.25, -0.2) is 0 Å². The molecule has 2 rings (SSSR count). The van der Waals surface area contributed by atoms with Gasteiger partial charge in [0.2, 0.25) is 0 Å². The molecular formula is C14H27NO. The van der Waals surface area contributed by atoms with Crippen molar-refractivity contribution in [1.29, 1.82) is 0 Å². The Morgan fingerprint density at radius 2 is 1.19 bits per heavy atom. The molecule has 16 heavy (non-hydrogen) atoms. The van der Waals surface area contributed by atoms with Crippen LogP contribution in [-0.4, -0.2) is 17.3 Å². The second kappa shape index (κ2) is 5.50. The Bertz CT molecular complexity index is 187. The Morgan fingerprint density at radius 3 is 1.50 bits per heavy atom. The second-order valence-electron chi connectivity index (χ2n) is 5.94. The quantitative estimate of drug-likeness (QED) is 0.776. The Labute approximate surface area is 99.6 Å². The molecule has 0 heterocycles. The largest absolute Gasteiger partial charge is 0.394 e. The fourth-order valence-electron chi connectivity index (χ4n) is 3.87. The van der Waals surface area contributed by atoms with Crippen LogP contribution in [0.25, 0.3) is 0 Å². The van der Waals surface area contributed by atoms with E-state index in [9.17, 15) is 5.11 Å². The summed E-state index contributed by atoms with van der Waals surface area (Å²) in [6, 6.07) is 0. The molecule has 94 valence electrons. The minimum atomic E-state index is -0.263. The van der Waals surface area contributed by atoms with E-state index in [-0.39, 0.29) is 12.1 Å². The molecule has 0 spiro atoms. The predicted molar refractivity (Wildman–Crippen MR) is 67.2 cm³/mol. The summed E-state index contributed by atoms with van der Waals surface area (Å²) in [6.45, 7) is 0.197. The molecule has 0 aliphatic heterocycles. The van der Waals surface area contributed by atoms with E-state index in [2.05, 4.69) is 0 Å². The van der Waals surface area contributed by atoms with Gasteiger partial charge in [0.1, 0.15) is 0 Å². The zero-order valence-corrected chi connectivity index (χ0v) is 10.5. The highest BCUT2D eigenvalue weighted by Crippen LogP contribution is 2.41. The normalized spacial score (nSPS) is 25.9. The summed E-state index contributed by atoms with van der Waals surface area (Å²) in [5, 5.41) is 9.76. The van der Waals surface area contributed by atoms with Crippen molar-refractivity contribution in [2.24, 2.45) is 17.6 Å². The standard InChI is InChI=1S/C14H27NO/c15-14(11-16,12-7-3-1-4-8-12)13-9-5-2-6-10-13/h12-13,16H,1-11,15H2. The molecule has 3 N–H and O–H groups in total. The number of hydrogen-bond donors (Lipinski definition) is 2. The average molecular weight is 225 g/mol. The van der Waals surface area contributed by atoms with Crippen LogP contribution in [0.3, 0.4) is 0 Å².